The monoisotopic (exact) mass is 310 g/mol. The fourth-order valence-electron chi connectivity index (χ4n) is 2.81. The third kappa shape index (κ3) is 3.64. The molecule has 1 aromatic rings. The maximum atomic E-state index is 11.5. The number of hydrogen-bond donors (Lipinski definition) is 1. The summed E-state index contributed by atoms with van der Waals surface area (Å²) in [5.74, 6) is -0.631. The van der Waals surface area contributed by atoms with Crippen LogP contribution in [-0.4, -0.2) is 34.0 Å². The van der Waals surface area contributed by atoms with Crippen molar-refractivity contribution in [3.8, 4) is 0 Å². The summed E-state index contributed by atoms with van der Waals surface area (Å²) in [7, 11) is 0. The molecule has 1 saturated heterocycles. The van der Waals surface area contributed by atoms with Gasteiger partial charge in [-0.1, -0.05) is 27.7 Å². The van der Waals surface area contributed by atoms with Gasteiger partial charge in [0.1, 0.15) is 0 Å². The third-order valence-corrected chi connectivity index (χ3v) is 5.84. The van der Waals surface area contributed by atoms with Gasteiger partial charge in [0.05, 0.1) is 16.1 Å². The van der Waals surface area contributed by atoms with Gasteiger partial charge in [0.25, 0.3) is 0 Å². The molecule has 0 bridgehead atoms. The van der Waals surface area contributed by atoms with E-state index in [9.17, 15) is 9.90 Å². The lowest BCUT2D eigenvalue weighted by Gasteiger charge is -2.38. The topological polar surface area (TPSA) is 53.4 Å². The maximum absolute atomic E-state index is 11.5. The van der Waals surface area contributed by atoms with Gasteiger partial charge in [-0.3, -0.25) is 9.69 Å². The van der Waals surface area contributed by atoms with Gasteiger partial charge in [0, 0.05) is 17.3 Å². The van der Waals surface area contributed by atoms with E-state index in [1.165, 1.54) is 5.01 Å². The van der Waals surface area contributed by atoms with Crippen LogP contribution in [0.4, 0.5) is 0 Å². The Morgan fingerprint density at radius 1 is 1.43 bits per heavy atom. The maximum Gasteiger partial charge on any atom is 0.309 e. The Morgan fingerprint density at radius 3 is 2.48 bits per heavy atom. The fourth-order valence-corrected chi connectivity index (χ4v) is 3.71. The number of rotatable bonds is 4. The molecule has 1 fully saturated rings. The Bertz CT molecular complexity index is 497. The summed E-state index contributed by atoms with van der Waals surface area (Å²) in [6, 6.07) is 0. The second-order valence-corrected chi connectivity index (χ2v) is 7.97. The highest BCUT2D eigenvalue weighted by molar-refractivity contribution is 7.09. The number of carboxylic acid groups (broad SMARTS) is 1. The highest BCUT2D eigenvalue weighted by Crippen LogP contribution is 2.35. The normalized spacial score (nSPS) is 19.6. The predicted octanol–water partition coefficient (Wildman–Crippen LogP) is 3.52. The fraction of sp³-hybridized carbons (Fsp3) is 0.750. The number of carboxylic acids is 1. The SMILES string of the molecule is CCC1(C(=O)O)CCN(Cc2csc(C(C)(C)C)n2)CC1. The molecule has 1 aliphatic rings. The molecule has 0 atom stereocenters. The van der Waals surface area contributed by atoms with Crippen molar-refractivity contribution >= 4 is 17.3 Å². The largest absolute Gasteiger partial charge is 0.481 e. The second kappa shape index (κ2) is 6.05. The molecule has 2 heterocycles. The van der Waals surface area contributed by atoms with Crippen LogP contribution >= 0.6 is 11.3 Å². The van der Waals surface area contributed by atoms with Crippen LogP contribution in [0.25, 0.3) is 0 Å². The van der Waals surface area contributed by atoms with E-state index in [-0.39, 0.29) is 5.41 Å². The first kappa shape index (κ1) is 16.4. The van der Waals surface area contributed by atoms with Crippen LogP contribution in [0, 0.1) is 5.41 Å². The molecular weight excluding hydrogens is 284 g/mol. The number of aliphatic carboxylic acids is 1. The van der Waals surface area contributed by atoms with Gasteiger partial charge < -0.3 is 5.11 Å². The third-order valence-electron chi connectivity index (χ3n) is 4.52. The molecule has 0 radical (unpaired) electrons. The summed E-state index contributed by atoms with van der Waals surface area (Å²) in [6.07, 6.45) is 2.21. The molecule has 1 N–H and O–H groups in total. The van der Waals surface area contributed by atoms with Crippen LogP contribution < -0.4 is 0 Å². The van der Waals surface area contributed by atoms with Gasteiger partial charge in [-0.05, 0) is 32.4 Å². The van der Waals surface area contributed by atoms with Crippen LogP contribution in [0.2, 0.25) is 0 Å². The number of likely N-dealkylation sites (tertiary alicyclic amines) is 1. The van der Waals surface area contributed by atoms with Crippen molar-refractivity contribution in [2.45, 2.75) is 58.9 Å². The molecule has 118 valence electrons. The number of hydrogen-bond acceptors (Lipinski definition) is 4. The number of carbonyl (C=O) groups is 1. The average molecular weight is 310 g/mol. The first-order valence-electron chi connectivity index (χ1n) is 7.67. The summed E-state index contributed by atoms with van der Waals surface area (Å²) in [5.41, 5.74) is 0.713. The van der Waals surface area contributed by atoms with E-state index in [0.29, 0.717) is 0 Å². The molecule has 0 spiro atoms. The standard InChI is InChI=1S/C16H26N2O2S/c1-5-16(14(19)20)6-8-18(9-7-16)10-12-11-21-13(17-12)15(2,3)4/h11H,5-10H2,1-4H3,(H,19,20). The molecule has 2 rings (SSSR count). The molecule has 21 heavy (non-hydrogen) atoms. The highest BCUT2D eigenvalue weighted by atomic mass is 32.1. The van der Waals surface area contributed by atoms with E-state index in [1.807, 2.05) is 6.92 Å². The summed E-state index contributed by atoms with van der Waals surface area (Å²) < 4.78 is 0. The van der Waals surface area contributed by atoms with Crippen LogP contribution in [0.1, 0.15) is 57.7 Å². The summed E-state index contributed by atoms with van der Waals surface area (Å²) in [4.78, 5) is 18.5. The van der Waals surface area contributed by atoms with Gasteiger partial charge >= 0.3 is 5.97 Å². The van der Waals surface area contributed by atoms with E-state index < -0.39 is 11.4 Å². The lowest BCUT2D eigenvalue weighted by atomic mass is 9.76. The molecule has 0 unspecified atom stereocenters. The molecule has 0 amide bonds. The minimum Gasteiger partial charge on any atom is -0.481 e. The van der Waals surface area contributed by atoms with E-state index in [4.69, 9.17) is 4.98 Å². The minimum atomic E-state index is -0.631. The number of piperidine rings is 1. The Morgan fingerprint density at radius 2 is 2.05 bits per heavy atom. The van der Waals surface area contributed by atoms with Crippen molar-refractivity contribution in [3.05, 3.63) is 16.1 Å². The van der Waals surface area contributed by atoms with Crippen LogP contribution in [0.3, 0.4) is 0 Å². The van der Waals surface area contributed by atoms with Crippen molar-refractivity contribution in [2.24, 2.45) is 5.41 Å². The van der Waals surface area contributed by atoms with Crippen molar-refractivity contribution < 1.29 is 9.90 Å². The molecule has 4 nitrogen and oxygen atoms in total. The Hall–Kier alpha value is -0.940. The van der Waals surface area contributed by atoms with Crippen LogP contribution in [0.15, 0.2) is 5.38 Å². The lowest BCUT2D eigenvalue weighted by molar-refractivity contribution is -0.152. The van der Waals surface area contributed by atoms with Gasteiger partial charge in [0.2, 0.25) is 0 Å². The zero-order chi connectivity index (χ0) is 15.7. The zero-order valence-corrected chi connectivity index (χ0v) is 14.3. The predicted molar refractivity (Wildman–Crippen MR) is 85.7 cm³/mol. The second-order valence-electron chi connectivity index (χ2n) is 7.11. The summed E-state index contributed by atoms with van der Waals surface area (Å²) >= 11 is 1.72. The Balaban J connectivity index is 1.95. The Kier molecular flexibility index (Phi) is 4.73. The number of aromatic nitrogens is 1. The van der Waals surface area contributed by atoms with Crippen molar-refractivity contribution in [1.82, 2.24) is 9.88 Å². The molecule has 0 aliphatic carbocycles. The summed E-state index contributed by atoms with van der Waals surface area (Å²) in [5, 5.41) is 12.7. The minimum absolute atomic E-state index is 0.103. The molecule has 1 aromatic heterocycles. The van der Waals surface area contributed by atoms with E-state index in [2.05, 4.69) is 31.1 Å². The van der Waals surface area contributed by atoms with Crippen molar-refractivity contribution in [2.75, 3.05) is 13.1 Å². The van der Waals surface area contributed by atoms with Crippen molar-refractivity contribution in [1.29, 1.82) is 0 Å². The van der Waals surface area contributed by atoms with Gasteiger partial charge in [-0.25, -0.2) is 4.98 Å². The van der Waals surface area contributed by atoms with Crippen LogP contribution in [-0.2, 0) is 16.8 Å². The van der Waals surface area contributed by atoms with Crippen LogP contribution in [0.5, 0.6) is 0 Å². The van der Waals surface area contributed by atoms with Gasteiger partial charge in [-0.15, -0.1) is 11.3 Å². The first-order valence-corrected chi connectivity index (χ1v) is 8.55. The highest BCUT2D eigenvalue weighted by Gasteiger charge is 2.39. The van der Waals surface area contributed by atoms with E-state index in [1.54, 1.807) is 11.3 Å². The number of thiazole rings is 1. The van der Waals surface area contributed by atoms with Gasteiger partial charge in [-0.2, -0.15) is 0 Å². The van der Waals surface area contributed by atoms with Gasteiger partial charge in [0.15, 0.2) is 0 Å². The molecule has 0 saturated carbocycles. The molecule has 1 aliphatic heterocycles. The number of nitrogens with zero attached hydrogens (tertiary/aromatic N) is 2. The lowest BCUT2D eigenvalue weighted by Crippen LogP contribution is -2.43. The zero-order valence-electron chi connectivity index (χ0n) is 13.5. The quantitative estimate of drug-likeness (QED) is 0.924. The first-order chi connectivity index (χ1) is 9.77. The average Bonchev–Trinajstić information content (AvgIpc) is 2.88. The van der Waals surface area contributed by atoms with E-state index in [0.717, 1.165) is 44.6 Å². The van der Waals surface area contributed by atoms with E-state index >= 15 is 0 Å². The molecule has 5 heteroatoms. The molecule has 0 aromatic carbocycles. The summed E-state index contributed by atoms with van der Waals surface area (Å²) in [6.45, 7) is 11.1. The Labute approximate surface area is 131 Å². The molecular formula is C16H26N2O2S. The van der Waals surface area contributed by atoms with Crippen molar-refractivity contribution in [3.63, 3.8) is 0 Å². The smallest absolute Gasteiger partial charge is 0.309 e.